The Labute approximate surface area is 160 Å². The SMILES string of the molecule is OC(NC1CCNCC1F)c1cn(Cc2ccnc(F)c2)c2cccc(F)c12. The number of aromatic nitrogens is 2. The maximum Gasteiger partial charge on any atom is 0.213 e. The standard InChI is InChI=1S/C20H21F3N4O/c21-14-2-1-3-17-19(14)13(20(28)26-16-5-6-24-9-15(16)22)11-27(17)10-12-4-7-25-18(23)8-12/h1-4,7-8,11,15-16,20,24,26,28H,5-6,9-10H2. The Morgan fingerprint density at radius 3 is 2.96 bits per heavy atom. The Hall–Kier alpha value is -2.42. The maximum absolute atomic E-state index is 14.6. The van der Waals surface area contributed by atoms with Crippen molar-refractivity contribution >= 4 is 10.9 Å². The van der Waals surface area contributed by atoms with Crippen molar-refractivity contribution in [2.45, 2.75) is 31.4 Å². The highest BCUT2D eigenvalue weighted by Gasteiger charge is 2.28. The van der Waals surface area contributed by atoms with Gasteiger partial charge in [0.25, 0.3) is 0 Å². The van der Waals surface area contributed by atoms with Crippen LogP contribution in [0.25, 0.3) is 10.9 Å². The summed E-state index contributed by atoms with van der Waals surface area (Å²) in [6.07, 6.45) is 1.15. The summed E-state index contributed by atoms with van der Waals surface area (Å²) in [6, 6.07) is 7.09. The van der Waals surface area contributed by atoms with Gasteiger partial charge in [0.05, 0.1) is 5.52 Å². The van der Waals surface area contributed by atoms with Crippen LogP contribution in [0.3, 0.4) is 0 Å². The summed E-state index contributed by atoms with van der Waals surface area (Å²) >= 11 is 0. The molecule has 1 saturated heterocycles. The van der Waals surface area contributed by atoms with Crippen molar-refractivity contribution in [3.63, 3.8) is 0 Å². The van der Waals surface area contributed by atoms with Crippen LogP contribution in [0.5, 0.6) is 0 Å². The number of rotatable bonds is 5. The number of halogens is 3. The number of aliphatic hydroxyl groups is 1. The van der Waals surface area contributed by atoms with Crippen molar-refractivity contribution in [3.8, 4) is 0 Å². The van der Waals surface area contributed by atoms with Gasteiger partial charge in [0.2, 0.25) is 5.95 Å². The molecule has 0 amide bonds. The molecule has 4 rings (SSSR count). The molecule has 2 aromatic heterocycles. The zero-order valence-corrected chi connectivity index (χ0v) is 15.1. The van der Waals surface area contributed by atoms with E-state index in [1.165, 1.54) is 18.3 Å². The van der Waals surface area contributed by atoms with Crippen LogP contribution in [0.2, 0.25) is 0 Å². The van der Waals surface area contributed by atoms with Crippen molar-refractivity contribution in [3.05, 3.63) is 65.6 Å². The Bertz CT molecular complexity index is 977. The fourth-order valence-electron chi connectivity index (χ4n) is 3.72. The minimum atomic E-state index is -1.23. The van der Waals surface area contributed by atoms with Gasteiger partial charge >= 0.3 is 0 Å². The minimum Gasteiger partial charge on any atom is -0.374 e. The molecule has 3 atom stereocenters. The molecule has 3 aromatic rings. The Morgan fingerprint density at radius 1 is 1.32 bits per heavy atom. The molecule has 8 heteroatoms. The summed E-state index contributed by atoms with van der Waals surface area (Å²) in [6.45, 7) is 1.15. The smallest absolute Gasteiger partial charge is 0.213 e. The van der Waals surface area contributed by atoms with Gasteiger partial charge in [-0.05, 0) is 42.8 Å². The van der Waals surface area contributed by atoms with Gasteiger partial charge < -0.3 is 15.0 Å². The van der Waals surface area contributed by atoms with E-state index in [9.17, 15) is 18.3 Å². The monoisotopic (exact) mass is 390 g/mol. The number of aliphatic hydroxyl groups excluding tert-OH is 1. The number of pyridine rings is 1. The third-order valence-corrected chi connectivity index (χ3v) is 5.10. The van der Waals surface area contributed by atoms with E-state index >= 15 is 0 Å². The lowest BCUT2D eigenvalue weighted by molar-refractivity contribution is 0.0880. The lowest BCUT2D eigenvalue weighted by atomic mass is 10.0. The molecule has 0 aliphatic carbocycles. The van der Waals surface area contributed by atoms with Gasteiger partial charge in [0.15, 0.2) is 0 Å². The summed E-state index contributed by atoms with van der Waals surface area (Å²) < 4.78 is 43.8. The van der Waals surface area contributed by atoms with Gasteiger partial charge in [-0.15, -0.1) is 0 Å². The number of piperidine rings is 1. The second-order valence-electron chi connectivity index (χ2n) is 7.02. The largest absolute Gasteiger partial charge is 0.374 e. The molecule has 0 spiro atoms. The van der Waals surface area contributed by atoms with E-state index in [1.54, 1.807) is 29.0 Å². The minimum absolute atomic E-state index is 0.216. The average Bonchev–Trinajstić information content (AvgIpc) is 3.04. The lowest BCUT2D eigenvalue weighted by Gasteiger charge is -2.29. The quantitative estimate of drug-likeness (QED) is 0.463. The summed E-state index contributed by atoms with van der Waals surface area (Å²) in [5.41, 5.74) is 1.55. The van der Waals surface area contributed by atoms with Crippen LogP contribution in [0.1, 0.15) is 23.8 Å². The molecule has 148 valence electrons. The van der Waals surface area contributed by atoms with Gasteiger partial charge in [0.1, 0.15) is 18.2 Å². The van der Waals surface area contributed by atoms with Crippen molar-refractivity contribution in [1.82, 2.24) is 20.2 Å². The van der Waals surface area contributed by atoms with E-state index in [4.69, 9.17) is 0 Å². The van der Waals surface area contributed by atoms with Crippen LogP contribution in [0, 0.1) is 11.8 Å². The molecule has 1 fully saturated rings. The first-order chi connectivity index (χ1) is 13.5. The molecule has 28 heavy (non-hydrogen) atoms. The second-order valence-corrected chi connectivity index (χ2v) is 7.02. The zero-order valence-electron chi connectivity index (χ0n) is 15.1. The third-order valence-electron chi connectivity index (χ3n) is 5.10. The average molecular weight is 390 g/mol. The van der Waals surface area contributed by atoms with Crippen LogP contribution < -0.4 is 10.6 Å². The topological polar surface area (TPSA) is 62.1 Å². The molecule has 3 heterocycles. The highest BCUT2D eigenvalue weighted by atomic mass is 19.1. The fourth-order valence-corrected chi connectivity index (χ4v) is 3.72. The summed E-state index contributed by atoms with van der Waals surface area (Å²) in [5, 5.41) is 16.8. The first-order valence-electron chi connectivity index (χ1n) is 9.19. The molecule has 1 aliphatic heterocycles. The fraction of sp³-hybridized carbons (Fsp3) is 0.350. The number of fused-ring (bicyclic) bond motifs is 1. The van der Waals surface area contributed by atoms with Crippen LogP contribution in [-0.4, -0.2) is 40.0 Å². The Balaban J connectivity index is 1.68. The van der Waals surface area contributed by atoms with Crippen LogP contribution in [0.4, 0.5) is 13.2 Å². The van der Waals surface area contributed by atoms with Crippen molar-refractivity contribution < 1.29 is 18.3 Å². The summed E-state index contributed by atoms with van der Waals surface area (Å²) in [4.78, 5) is 3.54. The maximum atomic E-state index is 14.6. The predicted octanol–water partition coefficient (Wildman–Crippen LogP) is 2.64. The zero-order chi connectivity index (χ0) is 19.7. The predicted molar refractivity (Wildman–Crippen MR) is 99.5 cm³/mol. The van der Waals surface area contributed by atoms with E-state index in [-0.39, 0.29) is 18.5 Å². The van der Waals surface area contributed by atoms with Crippen molar-refractivity contribution in [1.29, 1.82) is 0 Å². The molecule has 0 radical (unpaired) electrons. The molecule has 3 unspecified atom stereocenters. The molecule has 1 aliphatic rings. The first-order valence-corrected chi connectivity index (χ1v) is 9.19. The molecular formula is C20H21F3N4O. The van der Waals surface area contributed by atoms with E-state index in [2.05, 4.69) is 15.6 Å². The number of hydrogen-bond acceptors (Lipinski definition) is 4. The molecule has 3 N–H and O–H groups in total. The second kappa shape index (κ2) is 7.90. The lowest BCUT2D eigenvalue weighted by Crippen LogP contribution is -2.50. The van der Waals surface area contributed by atoms with Gasteiger partial charge in [-0.1, -0.05) is 6.07 Å². The van der Waals surface area contributed by atoms with Crippen LogP contribution in [-0.2, 0) is 6.54 Å². The summed E-state index contributed by atoms with van der Waals surface area (Å²) in [7, 11) is 0. The number of nitrogens with zero attached hydrogens (tertiary/aromatic N) is 2. The van der Waals surface area contributed by atoms with Gasteiger partial charge in [-0.25, -0.2) is 13.8 Å². The Morgan fingerprint density at radius 2 is 2.18 bits per heavy atom. The van der Waals surface area contributed by atoms with Crippen LogP contribution >= 0.6 is 0 Å². The van der Waals surface area contributed by atoms with E-state index in [1.807, 2.05) is 0 Å². The molecule has 5 nitrogen and oxygen atoms in total. The summed E-state index contributed by atoms with van der Waals surface area (Å²) in [5.74, 6) is -1.07. The van der Waals surface area contributed by atoms with Gasteiger partial charge in [0, 0.05) is 42.5 Å². The highest BCUT2D eigenvalue weighted by molar-refractivity contribution is 5.85. The number of alkyl halides is 1. The molecule has 0 bridgehead atoms. The van der Waals surface area contributed by atoms with Gasteiger partial charge in [-0.2, -0.15) is 4.39 Å². The number of hydrogen-bond donors (Lipinski definition) is 3. The Kier molecular flexibility index (Phi) is 5.34. The number of nitrogens with one attached hydrogen (secondary N) is 2. The molecule has 1 aromatic carbocycles. The van der Waals surface area contributed by atoms with E-state index < -0.39 is 30.2 Å². The number of benzene rings is 1. The third kappa shape index (κ3) is 3.76. The van der Waals surface area contributed by atoms with Crippen LogP contribution in [0.15, 0.2) is 42.7 Å². The van der Waals surface area contributed by atoms with Crippen molar-refractivity contribution in [2.24, 2.45) is 0 Å². The first kappa shape index (κ1) is 18.9. The normalized spacial score (nSPS) is 21.1. The highest BCUT2D eigenvalue weighted by Crippen LogP contribution is 2.29. The van der Waals surface area contributed by atoms with Crippen molar-refractivity contribution in [2.75, 3.05) is 13.1 Å². The molecular weight excluding hydrogens is 369 g/mol. The van der Waals surface area contributed by atoms with Gasteiger partial charge in [-0.3, -0.25) is 5.32 Å². The van der Waals surface area contributed by atoms with E-state index in [0.29, 0.717) is 29.6 Å². The van der Waals surface area contributed by atoms with E-state index in [0.717, 1.165) is 0 Å². The molecule has 0 saturated carbocycles.